The summed E-state index contributed by atoms with van der Waals surface area (Å²) in [5.74, 6) is -0.949. The Morgan fingerprint density at radius 3 is 2.60 bits per heavy atom. The van der Waals surface area contributed by atoms with Crippen LogP contribution in [-0.2, 0) is 0 Å². The lowest BCUT2D eigenvalue weighted by Crippen LogP contribution is -2.03. The first kappa shape index (κ1) is 9.80. The van der Waals surface area contributed by atoms with Crippen molar-refractivity contribution in [2.45, 2.75) is 0 Å². The van der Waals surface area contributed by atoms with Gasteiger partial charge in [-0.15, -0.1) is 0 Å². The Morgan fingerprint density at radius 1 is 1.27 bits per heavy atom. The lowest BCUT2D eigenvalue weighted by Gasteiger charge is -2.06. The van der Waals surface area contributed by atoms with Crippen molar-refractivity contribution in [3.05, 3.63) is 53.3 Å². The van der Waals surface area contributed by atoms with Gasteiger partial charge < -0.3 is 9.67 Å². The third-order valence-corrected chi connectivity index (χ3v) is 2.29. The highest BCUT2D eigenvalue weighted by molar-refractivity contribution is 6.30. The molecule has 2 rings (SSSR count). The second kappa shape index (κ2) is 3.79. The third-order valence-electron chi connectivity index (χ3n) is 2.07. The number of carboxylic acids is 1. The molecule has 0 radical (unpaired) electrons. The van der Waals surface area contributed by atoms with E-state index in [-0.39, 0.29) is 5.56 Å². The average molecular weight is 222 g/mol. The summed E-state index contributed by atoms with van der Waals surface area (Å²) in [7, 11) is 0. The van der Waals surface area contributed by atoms with Crippen LogP contribution >= 0.6 is 11.6 Å². The number of halogens is 1. The van der Waals surface area contributed by atoms with Crippen molar-refractivity contribution in [3.63, 3.8) is 0 Å². The molecule has 0 spiro atoms. The summed E-state index contributed by atoms with van der Waals surface area (Å²) in [5.41, 5.74) is 0.863. The monoisotopic (exact) mass is 221 g/mol. The number of para-hydroxylation sites is 1. The van der Waals surface area contributed by atoms with Gasteiger partial charge in [0, 0.05) is 12.4 Å². The van der Waals surface area contributed by atoms with Crippen LogP contribution in [0.25, 0.3) is 5.69 Å². The van der Waals surface area contributed by atoms with Crippen molar-refractivity contribution >= 4 is 17.6 Å². The molecule has 1 N–H and O–H groups in total. The predicted molar refractivity (Wildman–Crippen MR) is 57.7 cm³/mol. The lowest BCUT2D eigenvalue weighted by molar-refractivity contribution is 0.0697. The molecule has 0 amide bonds. The van der Waals surface area contributed by atoms with Gasteiger partial charge in [-0.1, -0.05) is 23.7 Å². The molecule has 0 aliphatic rings. The molecule has 1 aromatic carbocycles. The zero-order valence-electron chi connectivity index (χ0n) is 7.72. The summed E-state index contributed by atoms with van der Waals surface area (Å²) < 4.78 is 1.69. The summed E-state index contributed by atoms with van der Waals surface area (Å²) in [5, 5.41) is 9.57. The lowest BCUT2D eigenvalue weighted by atomic mass is 10.2. The number of aromatic nitrogens is 1. The molecule has 0 saturated heterocycles. The maximum atomic E-state index is 11.0. The third kappa shape index (κ3) is 1.87. The SMILES string of the molecule is O=C(O)c1ccccc1-n1ccc(Cl)c1. The van der Waals surface area contributed by atoms with Crippen molar-refractivity contribution < 1.29 is 9.90 Å². The van der Waals surface area contributed by atoms with Gasteiger partial charge in [-0.3, -0.25) is 0 Å². The molecule has 2 aromatic rings. The zero-order valence-corrected chi connectivity index (χ0v) is 8.48. The van der Waals surface area contributed by atoms with Crippen LogP contribution in [0.2, 0.25) is 5.02 Å². The Morgan fingerprint density at radius 2 is 2.00 bits per heavy atom. The number of aromatic carboxylic acids is 1. The van der Waals surface area contributed by atoms with Gasteiger partial charge >= 0.3 is 5.97 Å². The molecule has 76 valence electrons. The van der Waals surface area contributed by atoms with Crippen LogP contribution in [0.15, 0.2) is 42.7 Å². The molecule has 0 aliphatic carbocycles. The van der Waals surface area contributed by atoms with Crippen LogP contribution in [0.3, 0.4) is 0 Å². The number of nitrogens with zero attached hydrogens (tertiary/aromatic N) is 1. The number of hydrogen-bond donors (Lipinski definition) is 1. The van der Waals surface area contributed by atoms with Crippen molar-refractivity contribution in [2.75, 3.05) is 0 Å². The van der Waals surface area contributed by atoms with Crippen molar-refractivity contribution in [1.29, 1.82) is 0 Å². The zero-order chi connectivity index (χ0) is 10.8. The fraction of sp³-hybridized carbons (Fsp3) is 0. The van der Waals surface area contributed by atoms with Crippen LogP contribution in [0, 0.1) is 0 Å². The summed E-state index contributed by atoms with van der Waals surface area (Å²) >= 11 is 5.77. The summed E-state index contributed by atoms with van der Waals surface area (Å²) in [6.07, 6.45) is 3.40. The maximum absolute atomic E-state index is 11.0. The summed E-state index contributed by atoms with van der Waals surface area (Å²) in [4.78, 5) is 11.0. The Balaban J connectivity index is 2.57. The van der Waals surface area contributed by atoms with E-state index in [2.05, 4.69) is 0 Å². The number of hydrogen-bond acceptors (Lipinski definition) is 1. The molecule has 0 unspecified atom stereocenters. The maximum Gasteiger partial charge on any atom is 0.337 e. The normalized spacial score (nSPS) is 10.2. The van der Waals surface area contributed by atoms with Gasteiger partial charge in [-0.05, 0) is 18.2 Å². The first-order valence-electron chi connectivity index (χ1n) is 4.34. The van der Waals surface area contributed by atoms with E-state index in [0.717, 1.165) is 0 Å². The molecule has 0 bridgehead atoms. The van der Waals surface area contributed by atoms with E-state index >= 15 is 0 Å². The molecule has 1 aromatic heterocycles. The molecular weight excluding hydrogens is 214 g/mol. The molecular formula is C11H8ClNO2. The first-order chi connectivity index (χ1) is 7.18. The molecule has 1 heterocycles. The number of rotatable bonds is 2. The van der Waals surface area contributed by atoms with E-state index in [0.29, 0.717) is 10.7 Å². The minimum absolute atomic E-state index is 0.254. The van der Waals surface area contributed by atoms with E-state index in [1.807, 2.05) is 0 Å². The van der Waals surface area contributed by atoms with Crippen molar-refractivity contribution in [1.82, 2.24) is 4.57 Å². The number of benzene rings is 1. The second-order valence-electron chi connectivity index (χ2n) is 3.06. The largest absolute Gasteiger partial charge is 0.478 e. The molecule has 0 aliphatic heterocycles. The van der Waals surface area contributed by atoms with Gasteiger partial charge in [0.2, 0.25) is 0 Å². The number of carboxylic acid groups (broad SMARTS) is 1. The highest BCUT2D eigenvalue weighted by atomic mass is 35.5. The minimum atomic E-state index is -0.949. The fourth-order valence-electron chi connectivity index (χ4n) is 1.40. The van der Waals surface area contributed by atoms with E-state index in [1.165, 1.54) is 0 Å². The second-order valence-corrected chi connectivity index (χ2v) is 3.50. The summed E-state index contributed by atoms with van der Waals surface area (Å²) in [6, 6.07) is 8.49. The van der Waals surface area contributed by atoms with Gasteiger partial charge in [0.05, 0.1) is 16.3 Å². The average Bonchev–Trinajstić information content (AvgIpc) is 2.65. The molecule has 3 nitrogen and oxygen atoms in total. The molecule has 0 fully saturated rings. The van der Waals surface area contributed by atoms with Gasteiger partial charge in [-0.25, -0.2) is 4.79 Å². The number of carbonyl (C=O) groups is 1. The fourth-order valence-corrected chi connectivity index (χ4v) is 1.56. The van der Waals surface area contributed by atoms with Gasteiger partial charge in [0.1, 0.15) is 0 Å². The van der Waals surface area contributed by atoms with Crippen molar-refractivity contribution in [3.8, 4) is 5.69 Å². The predicted octanol–water partition coefficient (Wildman–Crippen LogP) is 2.83. The molecule has 15 heavy (non-hydrogen) atoms. The Kier molecular flexibility index (Phi) is 2.47. The Bertz CT molecular complexity index is 505. The smallest absolute Gasteiger partial charge is 0.337 e. The molecule has 0 saturated carbocycles. The van der Waals surface area contributed by atoms with E-state index in [1.54, 1.807) is 47.3 Å². The first-order valence-corrected chi connectivity index (χ1v) is 4.72. The van der Waals surface area contributed by atoms with Crippen LogP contribution < -0.4 is 0 Å². The highest BCUT2D eigenvalue weighted by Gasteiger charge is 2.09. The topological polar surface area (TPSA) is 42.2 Å². The Labute approximate surface area is 91.5 Å². The highest BCUT2D eigenvalue weighted by Crippen LogP contribution is 2.18. The van der Waals surface area contributed by atoms with E-state index in [9.17, 15) is 4.79 Å². The Hall–Kier alpha value is -1.74. The van der Waals surface area contributed by atoms with Gasteiger partial charge in [-0.2, -0.15) is 0 Å². The summed E-state index contributed by atoms with van der Waals surface area (Å²) in [6.45, 7) is 0. The molecule has 0 atom stereocenters. The van der Waals surface area contributed by atoms with Gasteiger partial charge in [0.25, 0.3) is 0 Å². The minimum Gasteiger partial charge on any atom is -0.478 e. The van der Waals surface area contributed by atoms with E-state index < -0.39 is 5.97 Å². The molecule has 4 heteroatoms. The van der Waals surface area contributed by atoms with Crippen LogP contribution in [0.4, 0.5) is 0 Å². The van der Waals surface area contributed by atoms with Crippen LogP contribution in [-0.4, -0.2) is 15.6 Å². The van der Waals surface area contributed by atoms with E-state index in [4.69, 9.17) is 16.7 Å². The van der Waals surface area contributed by atoms with Crippen LogP contribution in [0.5, 0.6) is 0 Å². The van der Waals surface area contributed by atoms with Crippen LogP contribution in [0.1, 0.15) is 10.4 Å². The quantitative estimate of drug-likeness (QED) is 0.847. The standard InChI is InChI=1S/C11H8ClNO2/c12-8-5-6-13(7-8)10-4-2-1-3-9(10)11(14)15/h1-7H,(H,14,15). The van der Waals surface area contributed by atoms with Gasteiger partial charge in [0.15, 0.2) is 0 Å². The van der Waals surface area contributed by atoms with Crippen molar-refractivity contribution in [2.24, 2.45) is 0 Å².